The molecule has 104 valence electrons. The summed E-state index contributed by atoms with van der Waals surface area (Å²) in [4.78, 5) is 29.1. The SMILES string of the molecule is CCCCN(CCC(=O)OC)C(=O)c1ccncc1. The number of methoxy groups -OCH3 is 1. The highest BCUT2D eigenvalue weighted by Crippen LogP contribution is 2.06. The third-order valence-electron chi connectivity index (χ3n) is 2.81. The van der Waals surface area contributed by atoms with Gasteiger partial charge in [0, 0.05) is 31.0 Å². The fourth-order valence-electron chi connectivity index (χ4n) is 1.67. The Morgan fingerprint density at radius 3 is 2.53 bits per heavy atom. The van der Waals surface area contributed by atoms with Crippen LogP contribution in [0.4, 0.5) is 0 Å². The maximum Gasteiger partial charge on any atom is 0.307 e. The number of hydrogen-bond donors (Lipinski definition) is 0. The van der Waals surface area contributed by atoms with Gasteiger partial charge in [0.1, 0.15) is 0 Å². The summed E-state index contributed by atoms with van der Waals surface area (Å²) in [6.45, 7) is 3.10. The van der Waals surface area contributed by atoms with Gasteiger partial charge in [-0.3, -0.25) is 14.6 Å². The number of ether oxygens (including phenoxy) is 1. The normalized spacial score (nSPS) is 10.0. The van der Waals surface area contributed by atoms with Gasteiger partial charge in [-0.2, -0.15) is 0 Å². The van der Waals surface area contributed by atoms with Crippen LogP contribution >= 0.6 is 0 Å². The molecule has 0 aliphatic heterocycles. The standard InChI is InChI=1S/C14H20N2O3/c1-3-4-10-16(11-7-13(17)19-2)14(18)12-5-8-15-9-6-12/h5-6,8-9H,3-4,7,10-11H2,1-2H3. The van der Waals surface area contributed by atoms with Crippen LogP contribution in [0, 0.1) is 0 Å². The van der Waals surface area contributed by atoms with Crippen molar-refractivity contribution in [3.63, 3.8) is 0 Å². The Kier molecular flexibility index (Phi) is 6.57. The van der Waals surface area contributed by atoms with Crippen LogP contribution in [-0.4, -0.2) is 42.0 Å². The van der Waals surface area contributed by atoms with E-state index in [1.807, 2.05) is 0 Å². The highest BCUT2D eigenvalue weighted by Gasteiger charge is 2.16. The molecule has 0 N–H and O–H groups in total. The molecule has 0 aliphatic carbocycles. The van der Waals surface area contributed by atoms with Crippen molar-refractivity contribution < 1.29 is 14.3 Å². The highest BCUT2D eigenvalue weighted by atomic mass is 16.5. The number of unbranched alkanes of at least 4 members (excludes halogenated alkanes) is 1. The lowest BCUT2D eigenvalue weighted by Crippen LogP contribution is -2.34. The molecule has 0 fully saturated rings. The molecule has 5 nitrogen and oxygen atoms in total. The zero-order valence-corrected chi connectivity index (χ0v) is 11.5. The summed E-state index contributed by atoms with van der Waals surface area (Å²) in [5.74, 6) is -0.372. The van der Waals surface area contributed by atoms with Crippen LogP contribution in [0.3, 0.4) is 0 Å². The minimum Gasteiger partial charge on any atom is -0.469 e. The van der Waals surface area contributed by atoms with Crippen LogP contribution in [0.5, 0.6) is 0 Å². The van der Waals surface area contributed by atoms with E-state index in [0.29, 0.717) is 18.7 Å². The van der Waals surface area contributed by atoms with Gasteiger partial charge in [-0.25, -0.2) is 0 Å². The van der Waals surface area contributed by atoms with Crippen molar-refractivity contribution in [2.45, 2.75) is 26.2 Å². The lowest BCUT2D eigenvalue weighted by molar-refractivity contribution is -0.140. The number of carbonyl (C=O) groups is 2. The summed E-state index contributed by atoms with van der Waals surface area (Å²) in [6.07, 6.45) is 5.31. The molecule has 0 aromatic carbocycles. The van der Waals surface area contributed by atoms with Gasteiger partial charge in [0.05, 0.1) is 13.5 Å². The van der Waals surface area contributed by atoms with Gasteiger partial charge in [0.2, 0.25) is 0 Å². The molecule has 0 saturated heterocycles. The number of esters is 1. The zero-order chi connectivity index (χ0) is 14.1. The molecule has 0 unspecified atom stereocenters. The van der Waals surface area contributed by atoms with E-state index in [9.17, 15) is 9.59 Å². The van der Waals surface area contributed by atoms with E-state index in [-0.39, 0.29) is 18.3 Å². The summed E-state index contributed by atoms with van der Waals surface area (Å²) in [5, 5.41) is 0. The Morgan fingerprint density at radius 2 is 1.95 bits per heavy atom. The van der Waals surface area contributed by atoms with Crippen molar-refractivity contribution in [2.24, 2.45) is 0 Å². The van der Waals surface area contributed by atoms with Gasteiger partial charge in [0.15, 0.2) is 0 Å². The summed E-state index contributed by atoms with van der Waals surface area (Å²) in [5.41, 5.74) is 0.593. The van der Waals surface area contributed by atoms with Gasteiger partial charge < -0.3 is 9.64 Å². The molecule has 1 aromatic heterocycles. The molecule has 0 radical (unpaired) electrons. The Bertz CT molecular complexity index is 406. The third kappa shape index (κ3) is 5.07. The topological polar surface area (TPSA) is 59.5 Å². The second-order valence-electron chi connectivity index (χ2n) is 4.21. The quantitative estimate of drug-likeness (QED) is 0.706. The molecule has 1 aromatic rings. The Labute approximate surface area is 113 Å². The number of amides is 1. The van der Waals surface area contributed by atoms with Crippen LogP contribution in [0.15, 0.2) is 24.5 Å². The second kappa shape index (κ2) is 8.24. The molecule has 1 rings (SSSR count). The molecular weight excluding hydrogens is 244 g/mol. The van der Waals surface area contributed by atoms with Crippen LogP contribution in [0.25, 0.3) is 0 Å². The minimum absolute atomic E-state index is 0.0697. The summed E-state index contributed by atoms with van der Waals surface area (Å²) >= 11 is 0. The lowest BCUT2D eigenvalue weighted by atomic mass is 10.2. The van der Waals surface area contributed by atoms with Crippen molar-refractivity contribution >= 4 is 11.9 Å². The van der Waals surface area contributed by atoms with E-state index >= 15 is 0 Å². The van der Waals surface area contributed by atoms with Crippen molar-refractivity contribution in [2.75, 3.05) is 20.2 Å². The third-order valence-corrected chi connectivity index (χ3v) is 2.81. The van der Waals surface area contributed by atoms with Gasteiger partial charge >= 0.3 is 5.97 Å². The lowest BCUT2D eigenvalue weighted by Gasteiger charge is -2.22. The van der Waals surface area contributed by atoms with E-state index in [1.165, 1.54) is 7.11 Å². The summed E-state index contributed by atoms with van der Waals surface area (Å²) in [7, 11) is 1.35. The maximum atomic E-state index is 12.3. The number of aromatic nitrogens is 1. The van der Waals surface area contributed by atoms with Crippen LogP contribution < -0.4 is 0 Å². The highest BCUT2D eigenvalue weighted by molar-refractivity contribution is 5.94. The van der Waals surface area contributed by atoms with E-state index < -0.39 is 0 Å². The van der Waals surface area contributed by atoms with Gasteiger partial charge in [-0.15, -0.1) is 0 Å². The fraction of sp³-hybridized carbons (Fsp3) is 0.500. The predicted octanol–water partition coefficient (Wildman–Crippen LogP) is 1.89. The molecule has 1 amide bonds. The zero-order valence-electron chi connectivity index (χ0n) is 11.5. The number of carbonyl (C=O) groups excluding carboxylic acids is 2. The average Bonchev–Trinajstić information content (AvgIpc) is 2.47. The Hall–Kier alpha value is -1.91. The molecule has 5 heteroatoms. The first kappa shape index (κ1) is 15.1. The molecule has 0 saturated carbocycles. The largest absolute Gasteiger partial charge is 0.469 e. The molecular formula is C14H20N2O3. The maximum absolute atomic E-state index is 12.3. The predicted molar refractivity (Wildman–Crippen MR) is 71.7 cm³/mol. The molecule has 0 spiro atoms. The fourth-order valence-corrected chi connectivity index (χ4v) is 1.67. The number of hydrogen-bond acceptors (Lipinski definition) is 4. The van der Waals surface area contributed by atoms with Crippen LogP contribution in [0.2, 0.25) is 0 Å². The van der Waals surface area contributed by atoms with Gasteiger partial charge in [-0.05, 0) is 18.6 Å². The smallest absolute Gasteiger partial charge is 0.307 e. The Morgan fingerprint density at radius 1 is 1.26 bits per heavy atom. The number of nitrogens with zero attached hydrogens (tertiary/aromatic N) is 2. The van der Waals surface area contributed by atoms with Crippen LogP contribution in [-0.2, 0) is 9.53 Å². The van der Waals surface area contributed by atoms with Gasteiger partial charge in [0.25, 0.3) is 5.91 Å². The summed E-state index contributed by atoms with van der Waals surface area (Å²) in [6, 6.07) is 3.36. The first-order valence-corrected chi connectivity index (χ1v) is 6.45. The molecule has 0 bridgehead atoms. The number of rotatable bonds is 7. The Balaban J connectivity index is 2.67. The van der Waals surface area contributed by atoms with Crippen molar-refractivity contribution in [1.82, 2.24) is 9.88 Å². The first-order chi connectivity index (χ1) is 9.19. The minimum atomic E-state index is -0.302. The van der Waals surface area contributed by atoms with Crippen molar-refractivity contribution in [3.05, 3.63) is 30.1 Å². The molecule has 19 heavy (non-hydrogen) atoms. The van der Waals surface area contributed by atoms with E-state index in [0.717, 1.165) is 12.8 Å². The van der Waals surface area contributed by atoms with Crippen molar-refractivity contribution in [3.8, 4) is 0 Å². The molecule has 1 heterocycles. The van der Waals surface area contributed by atoms with E-state index in [4.69, 9.17) is 0 Å². The average molecular weight is 264 g/mol. The van der Waals surface area contributed by atoms with Crippen molar-refractivity contribution in [1.29, 1.82) is 0 Å². The molecule has 0 aliphatic rings. The number of pyridine rings is 1. The molecule has 0 atom stereocenters. The van der Waals surface area contributed by atoms with Crippen LogP contribution in [0.1, 0.15) is 36.5 Å². The summed E-state index contributed by atoms with van der Waals surface area (Å²) < 4.78 is 4.60. The van der Waals surface area contributed by atoms with Gasteiger partial charge in [-0.1, -0.05) is 13.3 Å². The second-order valence-corrected chi connectivity index (χ2v) is 4.21. The first-order valence-electron chi connectivity index (χ1n) is 6.45. The van der Waals surface area contributed by atoms with E-state index in [1.54, 1.807) is 29.4 Å². The monoisotopic (exact) mass is 264 g/mol. The van der Waals surface area contributed by atoms with E-state index in [2.05, 4.69) is 16.6 Å².